The number of amides is 3. The van der Waals surface area contributed by atoms with E-state index in [9.17, 15) is 40.3 Å². The number of ether oxygens (including phenoxy) is 1. The number of nitrogens with one attached hydrogen (secondary N) is 3. The van der Waals surface area contributed by atoms with E-state index in [1.165, 1.54) is 0 Å². The van der Waals surface area contributed by atoms with E-state index in [0.29, 0.717) is 18.2 Å². The van der Waals surface area contributed by atoms with Crippen molar-refractivity contribution in [3.8, 4) is 5.75 Å². The van der Waals surface area contributed by atoms with Crippen molar-refractivity contribution in [2.45, 2.75) is 12.4 Å². The number of carbonyl (C=O) groups is 2. The molecule has 37 heavy (non-hydrogen) atoms. The Kier molecular flexibility index (Phi) is 8.08. The van der Waals surface area contributed by atoms with Crippen LogP contribution in [-0.2, 0) is 12.4 Å². The topological polar surface area (TPSA) is 79.5 Å². The lowest BCUT2D eigenvalue weighted by atomic mass is 10.2. The third kappa shape index (κ3) is 7.40. The van der Waals surface area contributed by atoms with E-state index in [1.807, 2.05) is 5.32 Å². The summed E-state index contributed by atoms with van der Waals surface area (Å²) in [6.07, 6.45) is -10.8. The molecule has 0 aromatic heterocycles. The van der Waals surface area contributed by atoms with Gasteiger partial charge in [-0.3, -0.25) is 5.32 Å². The minimum absolute atomic E-state index is 0.276. The molecule has 0 saturated carbocycles. The Hall–Kier alpha value is -3.71. The molecule has 6 nitrogen and oxygen atoms in total. The average molecular weight is 570 g/mol. The Morgan fingerprint density at radius 1 is 0.703 bits per heavy atom. The standard InChI is InChI=1S/C22H12Cl2F7N3O3/c23-15-4-1-10(7-13(15)21(26,27)28)32-19(35)34-18-6-3-12(9-17(18)25)37-20(36)33-11-2-5-16(24)14(8-11)22(29,30)31/h1-9H,(H,33,36)(H2,32,34,35). The normalized spacial score (nSPS) is 11.6. The lowest BCUT2D eigenvalue weighted by Crippen LogP contribution is -2.21. The summed E-state index contributed by atoms with van der Waals surface area (Å²) in [4.78, 5) is 24.1. The lowest BCUT2D eigenvalue weighted by Gasteiger charge is -2.13. The van der Waals surface area contributed by atoms with Crippen LogP contribution in [0.2, 0.25) is 10.0 Å². The van der Waals surface area contributed by atoms with Gasteiger partial charge in [0.2, 0.25) is 0 Å². The third-order valence-corrected chi connectivity index (χ3v) is 5.11. The fraction of sp³-hybridized carbons (Fsp3) is 0.0909. The molecule has 0 bridgehead atoms. The Balaban J connectivity index is 1.63. The molecule has 15 heteroatoms. The number of urea groups is 1. The van der Waals surface area contributed by atoms with Crippen molar-refractivity contribution >= 4 is 52.4 Å². The van der Waals surface area contributed by atoms with Crippen molar-refractivity contribution in [2.24, 2.45) is 0 Å². The van der Waals surface area contributed by atoms with Crippen LogP contribution < -0.4 is 20.7 Å². The predicted octanol–water partition coefficient (Wildman–Crippen LogP) is 8.43. The number of hydrogen-bond acceptors (Lipinski definition) is 3. The van der Waals surface area contributed by atoms with Gasteiger partial charge in [-0.05, 0) is 48.5 Å². The average Bonchev–Trinajstić information content (AvgIpc) is 2.76. The Labute approximate surface area is 213 Å². The van der Waals surface area contributed by atoms with Crippen LogP contribution in [0.3, 0.4) is 0 Å². The van der Waals surface area contributed by atoms with E-state index >= 15 is 0 Å². The fourth-order valence-electron chi connectivity index (χ4n) is 2.84. The molecule has 0 fully saturated rings. The molecule has 0 aliphatic rings. The molecule has 3 amide bonds. The summed E-state index contributed by atoms with van der Waals surface area (Å²) >= 11 is 11.0. The monoisotopic (exact) mass is 569 g/mol. The summed E-state index contributed by atoms with van der Waals surface area (Å²) in [5, 5.41) is 5.02. The maximum absolute atomic E-state index is 14.4. The molecule has 0 aliphatic carbocycles. The summed E-state index contributed by atoms with van der Waals surface area (Å²) in [7, 11) is 0. The van der Waals surface area contributed by atoms with Crippen molar-refractivity contribution in [1.82, 2.24) is 0 Å². The highest BCUT2D eigenvalue weighted by Crippen LogP contribution is 2.37. The van der Waals surface area contributed by atoms with E-state index in [-0.39, 0.29) is 17.1 Å². The summed E-state index contributed by atoms with van der Waals surface area (Å²) < 4.78 is 96.8. The van der Waals surface area contributed by atoms with Gasteiger partial charge < -0.3 is 15.4 Å². The van der Waals surface area contributed by atoms with Crippen LogP contribution in [0.15, 0.2) is 54.6 Å². The van der Waals surface area contributed by atoms with Gasteiger partial charge >= 0.3 is 24.5 Å². The summed E-state index contributed by atoms with van der Waals surface area (Å²) in [6.45, 7) is 0. The summed E-state index contributed by atoms with van der Waals surface area (Å²) in [5.74, 6) is -1.48. The number of halogens is 9. The Morgan fingerprint density at radius 2 is 1.22 bits per heavy atom. The predicted molar refractivity (Wildman–Crippen MR) is 122 cm³/mol. The molecular weight excluding hydrogens is 558 g/mol. The largest absolute Gasteiger partial charge is 0.417 e. The molecule has 3 aromatic rings. The van der Waals surface area contributed by atoms with Crippen LogP contribution in [-0.4, -0.2) is 12.1 Å². The minimum atomic E-state index is -4.77. The Bertz CT molecular complexity index is 1350. The fourth-order valence-corrected chi connectivity index (χ4v) is 3.29. The van der Waals surface area contributed by atoms with Crippen LogP contribution in [0.5, 0.6) is 5.75 Å². The third-order valence-electron chi connectivity index (χ3n) is 4.45. The molecule has 3 rings (SSSR count). The first-order valence-corrected chi connectivity index (χ1v) is 10.5. The molecule has 0 unspecified atom stereocenters. The van der Waals surface area contributed by atoms with Gasteiger partial charge in [-0.1, -0.05) is 23.2 Å². The zero-order valence-corrected chi connectivity index (χ0v) is 19.3. The van der Waals surface area contributed by atoms with Gasteiger partial charge in [-0.15, -0.1) is 0 Å². The number of hydrogen-bond donors (Lipinski definition) is 3. The number of benzene rings is 3. The number of anilines is 3. The van der Waals surface area contributed by atoms with Crippen molar-refractivity contribution in [2.75, 3.05) is 16.0 Å². The highest BCUT2D eigenvalue weighted by atomic mass is 35.5. The Morgan fingerprint density at radius 3 is 1.70 bits per heavy atom. The van der Waals surface area contributed by atoms with E-state index in [4.69, 9.17) is 27.9 Å². The first-order valence-electron chi connectivity index (χ1n) is 9.73. The van der Waals surface area contributed by atoms with Gasteiger partial charge in [0.1, 0.15) is 11.6 Å². The SMILES string of the molecule is O=C(Nc1ccc(Cl)c(C(F)(F)F)c1)Nc1ccc(OC(=O)Nc2ccc(Cl)c(C(F)(F)F)c2)cc1F. The second kappa shape index (κ2) is 10.7. The van der Waals surface area contributed by atoms with Gasteiger partial charge in [0, 0.05) is 17.4 Å². The zero-order chi connectivity index (χ0) is 27.5. The van der Waals surface area contributed by atoms with Crippen molar-refractivity contribution in [3.63, 3.8) is 0 Å². The molecule has 196 valence electrons. The molecule has 0 saturated heterocycles. The van der Waals surface area contributed by atoms with Gasteiger partial charge in [0.05, 0.1) is 26.9 Å². The molecule has 0 spiro atoms. The van der Waals surface area contributed by atoms with Gasteiger partial charge in [0.15, 0.2) is 0 Å². The van der Waals surface area contributed by atoms with Gasteiger partial charge in [0.25, 0.3) is 0 Å². The molecule has 0 radical (unpaired) electrons. The van der Waals surface area contributed by atoms with Gasteiger partial charge in [-0.25, -0.2) is 14.0 Å². The quantitative estimate of drug-likeness (QED) is 0.276. The minimum Gasteiger partial charge on any atom is -0.410 e. The zero-order valence-electron chi connectivity index (χ0n) is 17.8. The molecule has 3 aromatic carbocycles. The highest BCUT2D eigenvalue weighted by Gasteiger charge is 2.34. The second-order valence-corrected chi connectivity index (χ2v) is 7.93. The van der Waals surface area contributed by atoms with E-state index in [0.717, 1.165) is 36.4 Å². The first kappa shape index (κ1) is 27.9. The summed E-state index contributed by atoms with van der Waals surface area (Å²) in [6, 6.07) is 6.80. The number of alkyl halides is 6. The molecular formula is C22H12Cl2F7N3O3. The van der Waals surface area contributed by atoms with E-state index < -0.39 is 57.2 Å². The second-order valence-electron chi connectivity index (χ2n) is 7.12. The summed E-state index contributed by atoms with van der Waals surface area (Å²) in [5.41, 5.74) is -3.39. The smallest absolute Gasteiger partial charge is 0.410 e. The molecule has 0 heterocycles. The van der Waals surface area contributed by atoms with Crippen molar-refractivity contribution in [3.05, 3.63) is 81.6 Å². The van der Waals surface area contributed by atoms with Crippen molar-refractivity contribution in [1.29, 1.82) is 0 Å². The van der Waals surface area contributed by atoms with Crippen LogP contribution in [0.25, 0.3) is 0 Å². The van der Waals surface area contributed by atoms with E-state index in [1.54, 1.807) is 0 Å². The van der Waals surface area contributed by atoms with Crippen molar-refractivity contribution < 1.29 is 45.1 Å². The first-order chi connectivity index (χ1) is 17.1. The molecule has 3 N–H and O–H groups in total. The number of rotatable bonds is 4. The highest BCUT2D eigenvalue weighted by molar-refractivity contribution is 6.31. The van der Waals surface area contributed by atoms with Gasteiger partial charge in [-0.2, -0.15) is 26.3 Å². The maximum atomic E-state index is 14.4. The van der Waals surface area contributed by atoms with Crippen LogP contribution in [0.4, 0.5) is 57.4 Å². The van der Waals surface area contributed by atoms with Crippen LogP contribution >= 0.6 is 23.2 Å². The number of carbonyl (C=O) groups excluding carboxylic acids is 2. The van der Waals surface area contributed by atoms with Crippen LogP contribution in [0, 0.1) is 5.82 Å². The molecule has 0 aliphatic heterocycles. The lowest BCUT2D eigenvalue weighted by molar-refractivity contribution is -0.138. The van der Waals surface area contributed by atoms with E-state index in [2.05, 4.69) is 10.6 Å². The maximum Gasteiger partial charge on any atom is 0.417 e. The molecule has 0 atom stereocenters. The van der Waals surface area contributed by atoms with Crippen LogP contribution in [0.1, 0.15) is 11.1 Å².